The summed E-state index contributed by atoms with van der Waals surface area (Å²) in [5.74, 6) is -1.90. The third kappa shape index (κ3) is 2.50. The predicted molar refractivity (Wildman–Crippen MR) is 79.8 cm³/mol. The molecule has 3 nitrogen and oxygen atoms in total. The summed E-state index contributed by atoms with van der Waals surface area (Å²) in [4.78, 5) is 4.32. The first-order valence-electron chi connectivity index (χ1n) is 6.47. The maximum absolute atomic E-state index is 13.7. The van der Waals surface area contributed by atoms with Gasteiger partial charge in [0.2, 0.25) is 0 Å². The van der Waals surface area contributed by atoms with E-state index in [1.165, 1.54) is 6.07 Å². The Balaban J connectivity index is 1.93. The number of nitrogens with one attached hydrogen (secondary N) is 1. The van der Waals surface area contributed by atoms with Gasteiger partial charge in [0.15, 0.2) is 11.6 Å². The van der Waals surface area contributed by atoms with E-state index in [9.17, 15) is 8.78 Å². The molecule has 0 unspecified atom stereocenters. The van der Waals surface area contributed by atoms with Gasteiger partial charge in [-0.15, -0.1) is 0 Å². The average Bonchev–Trinajstić information content (AvgIpc) is 2.51. The molecule has 0 fully saturated rings. The van der Waals surface area contributed by atoms with Crippen LogP contribution >= 0.6 is 0 Å². The van der Waals surface area contributed by atoms with E-state index in [0.717, 1.165) is 22.5 Å². The minimum atomic E-state index is -0.969. The van der Waals surface area contributed by atoms with Gasteiger partial charge in [-0.3, -0.25) is 4.98 Å². The number of nitrogens with two attached hydrogens (primary N) is 1. The monoisotopic (exact) mass is 285 g/mol. The molecule has 106 valence electrons. The van der Waals surface area contributed by atoms with E-state index in [0.29, 0.717) is 6.54 Å². The quantitative estimate of drug-likeness (QED) is 0.721. The van der Waals surface area contributed by atoms with Crippen LogP contribution in [0.3, 0.4) is 0 Å². The summed E-state index contributed by atoms with van der Waals surface area (Å²) >= 11 is 0. The van der Waals surface area contributed by atoms with Gasteiger partial charge in [-0.1, -0.05) is 24.3 Å². The molecular weight excluding hydrogens is 272 g/mol. The normalized spacial score (nSPS) is 10.8. The Labute approximate surface area is 120 Å². The second-order valence-corrected chi connectivity index (χ2v) is 4.67. The molecule has 0 amide bonds. The Hall–Kier alpha value is -2.69. The molecule has 0 saturated carbocycles. The van der Waals surface area contributed by atoms with E-state index >= 15 is 0 Å². The number of para-hydroxylation sites is 1. The zero-order valence-electron chi connectivity index (χ0n) is 11.1. The summed E-state index contributed by atoms with van der Waals surface area (Å²) in [6, 6.07) is 11.9. The van der Waals surface area contributed by atoms with Crippen LogP contribution in [0.25, 0.3) is 10.9 Å². The number of fused-ring (bicyclic) bond motifs is 1. The summed E-state index contributed by atoms with van der Waals surface area (Å²) in [6.07, 6.45) is 1.70. The highest BCUT2D eigenvalue weighted by atomic mass is 19.2. The molecule has 21 heavy (non-hydrogen) atoms. The van der Waals surface area contributed by atoms with Gasteiger partial charge < -0.3 is 11.1 Å². The lowest BCUT2D eigenvalue weighted by Gasteiger charge is -2.12. The Kier molecular flexibility index (Phi) is 3.39. The van der Waals surface area contributed by atoms with Crippen molar-refractivity contribution in [2.24, 2.45) is 0 Å². The highest BCUT2D eigenvalue weighted by Crippen LogP contribution is 2.26. The topological polar surface area (TPSA) is 50.9 Å². The van der Waals surface area contributed by atoms with Crippen molar-refractivity contribution in [3.8, 4) is 0 Å². The number of aromatic nitrogens is 1. The molecule has 0 bridgehead atoms. The molecule has 3 rings (SSSR count). The van der Waals surface area contributed by atoms with Crippen molar-refractivity contribution in [2.75, 3.05) is 11.1 Å². The van der Waals surface area contributed by atoms with Crippen LogP contribution in [0.5, 0.6) is 0 Å². The smallest absolute Gasteiger partial charge is 0.183 e. The van der Waals surface area contributed by atoms with Gasteiger partial charge in [0.25, 0.3) is 0 Å². The standard InChI is InChI=1S/C16H13F2N3/c17-12-6-7-13(19)16(14(12)18)21-9-11-4-1-3-10-5-2-8-20-15(10)11/h1-8,21H,9,19H2. The van der Waals surface area contributed by atoms with Crippen LogP contribution < -0.4 is 11.1 Å². The Morgan fingerprint density at radius 3 is 2.71 bits per heavy atom. The Morgan fingerprint density at radius 2 is 1.86 bits per heavy atom. The molecule has 1 aromatic heterocycles. The number of benzene rings is 2. The molecular formula is C16H13F2N3. The van der Waals surface area contributed by atoms with Crippen LogP contribution in [0.1, 0.15) is 5.56 Å². The van der Waals surface area contributed by atoms with Crippen molar-refractivity contribution in [1.29, 1.82) is 0 Å². The summed E-state index contributed by atoms with van der Waals surface area (Å²) in [7, 11) is 0. The molecule has 0 aliphatic rings. The highest BCUT2D eigenvalue weighted by Gasteiger charge is 2.12. The van der Waals surface area contributed by atoms with Crippen molar-refractivity contribution in [3.63, 3.8) is 0 Å². The Morgan fingerprint density at radius 1 is 1.05 bits per heavy atom. The van der Waals surface area contributed by atoms with Gasteiger partial charge in [-0.05, 0) is 23.8 Å². The van der Waals surface area contributed by atoms with Crippen LogP contribution in [0.2, 0.25) is 0 Å². The first kappa shape index (κ1) is 13.3. The number of hydrogen-bond acceptors (Lipinski definition) is 3. The zero-order valence-corrected chi connectivity index (χ0v) is 11.1. The van der Waals surface area contributed by atoms with Crippen molar-refractivity contribution < 1.29 is 8.78 Å². The van der Waals surface area contributed by atoms with E-state index in [2.05, 4.69) is 10.3 Å². The molecule has 2 aromatic carbocycles. The van der Waals surface area contributed by atoms with E-state index in [4.69, 9.17) is 5.73 Å². The SMILES string of the molecule is Nc1ccc(F)c(F)c1NCc1cccc2cccnc12. The number of anilines is 2. The first-order chi connectivity index (χ1) is 10.2. The first-order valence-corrected chi connectivity index (χ1v) is 6.47. The molecule has 0 radical (unpaired) electrons. The number of halogens is 2. The molecule has 0 aliphatic carbocycles. The lowest BCUT2D eigenvalue weighted by atomic mass is 10.1. The average molecular weight is 285 g/mol. The molecule has 3 N–H and O–H groups in total. The van der Waals surface area contributed by atoms with Crippen LogP contribution in [0, 0.1) is 11.6 Å². The van der Waals surface area contributed by atoms with Gasteiger partial charge in [0, 0.05) is 18.1 Å². The summed E-state index contributed by atoms with van der Waals surface area (Å²) in [6.45, 7) is 0.304. The lowest BCUT2D eigenvalue weighted by Crippen LogP contribution is -2.06. The van der Waals surface area contributed by atoms with Crippen molar-refractivity contribution in [2.45, 2.75) is 6.54 Å². The summed E-state index contributed by atoms with van der Waals surface area (Å²) in [5, 5.41) is 3.84. The van der Waals surface area contributed by atoms with Gasteiger partial charge in [0.05, 0.1) is 16.9 Å². The minimum absolute atomic E-state index is 0.0251. The van der Waals surface area contributed by atoms with Crippen LogP contribution in [-0.4, -0.2) is 4.98 Å². The van der Waals surface area contributed by atoms with Crippen LogP contribution in [0.15, 0.2) is 48.7 Å². The molecule has 3 aromatic rings. The predicted octanol–water partition coefficient (Wildman–Crippen LogP) is 3.71. The summed E-state index contributed by atoms with van der Waals surface area (Å²) < 4.78 is 27.0. The van der Waals surface area contributed by atoms with Gasteiger partial charge >= 0.3 is 0 Å². The summed E-state index contributed by atoms with van der Waals surface area (Å²) in [5.41, 5.74) is 7.53. The fraction of sp³-hybridized carbons (Fsp3) is 0.0625. The van der Waals surface area contributed by atoms with Gasteiger partial charge in [-0.25, -0.2) is 8.78 Å². The number of rotatable bonds is 3. The molecule has 5 heteroatoms. The maximum atomic E-state index is 13.7. The van der Waals surface area contributed by atoms with E-state index in [-0.39, 0.29) is 11.4 Å². The molecule has 0 aliphatic heterocycles. The number of hydrogen-bond donors (Lipinski definition) is 2. The van der Waals surface area contributed by atoms with Crippen LogP contribution in [-0.2, 0) is 6.54 Å². The minimum Gasteiger partial charge on any atom is -0.397 e. The highest BCUT2D eigenvalue weighted by molar-refractivity contribution is 5.82. The third-order valence-electron chi connectivity index (χ3n) is 3.30. The number of pyridine rings is 1. The van der Waals surface area contributed by atoms with E-state index in [1.807, 2.05) is 30.3 Å². The molecule has 1 heterocycles. The van der Waals surface area contributed by atoms with Crippen molar-refractivity contribution >= 4 is 22.3 Å². The van der Waals surface area contributed by atoms with Crippen LogP contribution in [0.4, 0.5) is 20.2 Å². The lowest BCUT2D eigenvalue weighted by molar-refractivity contribution is 0.511. The van der Waals surface area contributed by atoms with Crippen molar-refractivity contribution in [3.05, 3.63) is 65.9 Å². The second kappa shape index (κ2) is 5.36. The largest absolute Gasteiger partial charge is 0.397 e. The van der Waals surface area contributed by atoms with E-state index < -0.39 is 11.6 Å². The third-order valence-corrected chi connectivity index (χ3v) is 3.30. The number of nitrogens with zero attached hydrogens (tertiary/aromatic N) is 1. The maximum Gasteiger partial charge on any atom is 0.183 e. The number of nitrogen functional groups attached to an aromatic ring is 1. The van der Waals surface area contributed by atoms with Gasteiger partial charge in [0.1, 0.15) is 0 Å². The molecule has 0 spiro atoms. The Bertz CT molecular complexity index is 797. The zero-order chi connectivity index (χ0) is 14.8. The van der Waals surface area contributed by atoms with Gasteiger partial charge in [-0.2, -0.15) is 0 Å². The second-order valence-electron chi connectivity index (χ2n) is 4.67. The molecule has 0 saturated heterocycles. The fourth-order valence-corrected chi connectivity index (χ4v) is 2.24. The van der Waals surface area contributed by atoms with E-state index in [1.54, 1.807) is 6.20 Å². The van der Waals surface area contributed by atoms with Crippen molar-refractivity contribution in [1.82, 2.24) is 4.98 Å². The fourth-order valence-electron chi connectivity index (χ4n) is 2.24. The molecule has 0 atom stereocenters.